The number of fused-ring (bicyclic) bond motifs is 1. The topological polar surface area (TPSA) is 78.7 Å². The summed E-state index contributed by atoms with van der Waals surface area (Å²) in [6.45, 7) is 2.75. The number of piperazine rings is 1. The summed E-state index contributed by atoms with van der Waals surface area (Å²) in [5.74, 6) is -1.78. The summed E-state index contributed by atoms with van der Waals surface area (Å²) in [7, 11) is 0. The normalized spacial score (nSPS) is 17.1. The zero-order valence-corrected chi connectivity index (χ0v) is 16.4. The minimum Gasteiger partial charge on any atom is -0.477 e. The molecule has 9 heteroatoms. The summed E-state index contributed by atoms with van der Waals surface area (Å²) in [4.78, 5) is 32.5. The van der Waals surface area contributed by atoms with Crippen LogP contribution >= 0.6 is 11.3 Å². The quantitative estimate of drug-likeness (QED) is 0.707. The van der Waals surface area contributed by atoms with Crippen molar-refractivity contribution < 1.29 is 14.3 Å². The Morgan fingerprint density at radius 1 is 1.17 bits per heavy atom. The van der Waals surface area contributed by atoms with Gasteiger partial charge in [-0.3, -0.25) is 4.79 Å². The summed E-state index contributed by atoms with van der Waals surface area (Å²) in [6.07, 6.45) is 5.04. The number of carboxylic acid groups (broad SMARTS) is 1. The van der Waals surface area contributed by atoms with E-state index in [4.69, 9.17) is 0 Å². The molecule has 0 spiro atoms. The van der Waals surface area contributed by atoms with Gasteiger partial charge in [0.05, 0.1) is 11.2 Å². The van der Waals surface area contributed by atoms with Gasteiger partial charge in [0.1, 0.15) is 11.4 Å². The van der Waals surface area contributed by atoms with Crippen LogP contribution in [0.4, 0.5) is 15.2 Å². The number of carbonyl (C=O) groups is 1. The van der Waals surface area contributed by atoms with Crippen molar-refractivity contribution in [3.8, 4) is 0 Å². The summed E-state index contributed by atoms with van der Waals surface area (Å²) in [5, 5.41) is 12.4. The Hall–Kier alpha value is -2.94. The molecule has 5 rings (SSSR count). The average Bonchev–Trinajstić information content (AvgIpc) is 3.41. The lowest BCUT2D eigenvalue weighted by Gasteiger charge is -2.36. The Kier molecular flexibility index (Phi) is 4.27. The third kappa shape index (κ3) is 3.15. The highest BCUT2D eigenvalue weighted by molar-refractivity contribution is 7.13. The van der Waals surface area contributed by atoms with Gasteiger partial charge in [0, 0.05) is 55.4 Å². The van der Waals surface area contributed by atoms with Crippen LogP contribution in [0.3, 0.4) is 0 Å². The molecule has 1 aromatic carbocycles. The van der Waals surface area contributed by atoms with Crippen molar-refractivity contribution in [2.45, 2.75) is 18.9 Å². The predicted molar refractivity (Wildman–Crippen MR) is 110 cm³/mol. The van der Waals surface area contributed by atoms with Crippen LogP contribution in [-0.4, -0.2) is 46.8 Å². The highest BCUT2D eigenvalue weighted by Gasteiger charge is 2.28. The molecule has 1 aliphatic heterocycles. The van der Waals surface area contributed by atoms with E-state index in [9.17, 15) is 19.1 Å². The molecule has 0 radical (unpaired) electrons. The van der Waals surface area contributed by atoms with Crippen molar-refractivity contribution in [2.24, 2.45) is 0 Å². The molecule has 29 heavy (non-hydrogen) atoms. The van der Waals surface area contributed by atoms with Gasteiger partial charge < -0.3 is 19.5 Å². The number of hydrogen-bond acceptors (Lipinski definition) is 6. The molecule has 0 amide bonds. The fraction of sp³-hybridized carbons (Fsp3) is 0.350. The molecule has 7 nitrogen and oxygen atoms in total. The molecule has 3 heterocycles. The van der Waals surface area contributed by atoms with E-state index in [-0.39, 0.29) is 17.0 Å². The second-order valence-corrected chi connectivity index (χ2v) is 8.30. The third-order valence-corrected chi connectivity index (χ3v) is 6.41. The van der Waals surface area contributed by atoms with Gasteiger partial charge in [-0.25, -0.2) is 14.2 Å². The molecule has 0 bridgehead atoms. The monoisotopic (exact) mass is 414 g/mol. The third-order valence-electron chi connectivity index (χ3n) is 5.58. The molecule has 2 fully saturated rings. The minimum absolute atomic E-state index is 0.125. The Balaban J connectivity index is 1.53. The smallest absolute Gasteiger partial charge is 0.341 e. The van der Waals surface area contributed by atoms with Crippen LogP contribution in [0.1, 0.15) is 29.2 Å². The van der Waals surface area contributed by atoms with Gasteiger partial charge in [-0.1, -0.05) is 0 Å². The largest absolute Gasteiger partial charge is 0.477 e. The number of benzene rings is 1. The van der Waals surface area contributed by atoms with Crippen molar-refractivity contribution in [1.29, 1.82) is 0 Å². The van der Waals surface area contributed by atoms with Gasteiger partial charge in [-0.2, -0.15) is 0 Å². The number of halogens is 1. The molecule has 1 saturated carbocycles. The molecule has 1 saturated heterocycles. The van der Waals surface area contributed by atoms with E-state index in [2.05, 4.69) is 9.88 Å². The number of anilines is 2. The van der Waals surface area contributed by atoms with E-state index < -0.39 is 17.2 Å². The Bertz CT molecular complexity index is 1150. The van der Waals surface area contributed by atoms with Gasteiger partial charge >= 0.3 is 5.97 Å². The first-order valence-electron chi connectivity index (χ1n) is 9.54. The number of rotatable bonds is 4. The van der Waals surface area contributed by atoms with E-state index in [0.717, 1.165) is 31.1 Å². The van der Waals surface area contributed by atoms with Crippen molar-refractivity contribution >= 4 is 39.0 Å². The minimum atomic E-state index is -1.28. The van der Waals surface area contributed by atoms with Crippen molar-refractivity contribution in [3.05, 3.63) is 51.5 Å². The number of aromatic carboxylic acids is 1. The number of aromatic nitrogens is 2. The number of thiazole rings is 1. The van der Waals surface area contributed by atoms with Gasteiger partial charge in [0.25, 0.3) is 0 Å². The maximum absolute atomic E-state index is 15.0. The first-order valence-corrected chi connectivity index (χ1v) is 10.4. The maximum atomic E-state index is 15.0. The van der Waals surface area contributed by atoms with Crippen molar-refractivity contribution in [1.82, 2.24) is 9.55 Å². The number of nitrogens with zero attached hydrogens (tertiary/aromatic N) is 4. The van der Waals surface area contributed by atoms with Crippen molar-refractivity contribution in [3.63, 3.8) is 0 Å². The molecular formula is C20H19FN4O3S. The first kappa shape index (κ1) is 18.1. The van der Waals surface area contributed by atoms with Crippen molar-refractivity contribution in [2.75, 3.05) is 36.0 Å². The zero-order valence-electron chi connectivity index (χ0n) is 15.5. The number of pyridine rings is 1. The molecule has 0 atom stereocenters. The van der Waals surface area contributed by atoms with Gasteiger partial charge in [-0.15, -0.1) is 11.3 Å². The van der Waals surface area contributed by atoms with E-state index in [1.807, 2.05) is 14.8 Å². The van der Waals surface area contributed by atoms with Crippen LogP contribution in [0.5, 0.6) is 0 Å². The lowest BCUT2D eigenvalue weighted by Crippen LogP contribution is -2.46. The Morgan fingerprint density at radius 2 is 1.90 bits per heavy atom. The molecule has 3 aromatic rings. The highest BCUT2D eigenvalue weighted by Crippen LogP contribution is 2.38. The SMILES string of the molecule is O=C(O)c1cn(C2CC2)c2cc(N3CCN(c4nccs4)CC3)c(F)cc2c1=O. The zero-order chi connectivity index (χ0) is 20.1. The molecule has 2 aliphatic rings. The molecule has 1 aliphatic carbocycles. The fourth-order valence-electron chi connectivity index (χ4n) is 3.92. The number of carboxylic acids is 1. The molecule has 1 N–H and O–H groups in total. The molecule has 150 valence electrons. The van der Waals surface area contributed by atoms with Crippen LogP contribution in [0.15, 0.2) is 34.7 Å². The summed E-state index contributed by atoms with van der Waals surface area (Å²) < 4.78 is 16.8. The lowest BCUT2D eigenvalue weighted by molar-refractivity contribution is 0.0695. The Morgan fingerprint density at radius 3 is 2.52 bits per heavy atom. The summed E-state index contributed by atoms with van der Waals surface area (Å²) >= 11 is 1.59. The van der Waals surface area contributed by atoms with Gasteiger partial charge in [0.15, 0.2) is 5.13 Å². The van der Waals surface area contributed by atoms with Crippen LogP contribution in [0, 0.1) is 5.82 Å². The standard InChI is InChI=1S/C20H19FN4O3S/c21-15-9-13-16(25(12-1-2-12)11-14(18(13)26)19(27)28)10-17(15)23-4-6-24(7-5-23)20-22-3-8-29-20/h3,8-12H,1-2,4-7H2,(H,27,28). The maximum Gasteiger partial charge on any atom is 0.341 e. The highest BCUT2D eigenvalue weighted by atomic mass is 32.1. The van der Waals surface area contributed by atoms with E-state index in [0.29, 0.717) is 24.3 Å². The fourth-order valence-corrected chi connectivity index (χ4v) is 4.62. The second kappa shape index (κ2) is 6.84. The average molecular weight is 414 g/mol. The lowest BCUT2D eigenvalue weighted by atomic mass is 10.1. The van der Waals surface area contributed by atoms with Crippen LogP contribution in [-0.2, 0) is 0 Å². The van der Waals surface area contributed by atoms with E-state index >= 15 is 0 Å². The number of hydrogen-bond donors (Lipinski definition) is 1. The first-order chi connectivity index (χ1) is 14.0. The van der Waals surface area contributed by atoms with Gasteiger partial charge in [0.2, 0.25) is 5.43 Å². The second-order valence-electron chi connectivity index (χ2n) is 7.43. The van der Waals surface area contributed by atoms with Gasteiger partial charge in [-0.05, 0) is 25.0 Å². The molecule has 0 unspecified atom stereocenters. The summed E-state index contributed by atoms with van der Waals surface area (Å²) in [6, 6.07) is 3.07. The molecule has 2 aromatic heterocycles. The predicted octanol–water partition coefficient (Wildman–Crippen LogP) is 2.96. The van der Waals surface area contributed by atoms with E-state index in [1.165, 1.54) is 12.3 Å². The van der Waals surface area contributed by atoms with E-state index in [1.54, 1.807) is 23.6 Å². The molecular weight excluding hydrogens is 395 g/mol. The van der Waals surface area contributed by atoms with Crippen LogP contribution < -0.4 is 15.2 Å². The van der Waals surface area contributed by atoms with Crippen LogP contribution in [0.2, 0.25) is 0 Å². The van der Waals surface area contributed by atoms with Crippen LogP contribution in [0.25, 0.3) is 10.9 Å². The Labute approximate surface area is 169 Å². The summed E-state index contributed by atoms with van der Waals surface area (Å²) in [5.41, 5.74) is 0.103.